The van der Waals surface area contributed by atoms with E-state index in [4.69, 9.17) is 14.7 Å². The molecule has 1 fully saturated rings. The summed E-state index contributed by atoms with van der Waals surface area (Å²) in [5.41, 5.74) is 1.43. The fourth-order valence-corrected chi connectivity index (χ4v) is 3.89. The second-order valence-electron chi connectivity index (χ2n) is 9.57. The topological polar surface area (TPSA) is 124 Å². The van der Waals surface area contributed by atoms with E-state index < -0.39 is 29.2 Å². The normalized spacial score (nSPS) is 15.7. The number of benzene rings is 2. The SMILES string of the molecule is CC(C)(C)OC(=O)NC1(C(=O)N[C@H](C#N)Cc2ccc(-c3cccc(C#N)c3)cc2)CCOCC1. The third kappa shape index (κ3) is 7.05. The van der Waals surface area contributed by atoms with Gasteiger partial charge < -0.3 is 20.1 Å². The van der Waals surface area contributed by atoms with Gasteiger partial charge in [0.05, 0.1) is 17.7 Å². The summed E-state index contributed by atoms with van der Waals surface area (Å²) in [6, 6.07) is 18.5. The number of ether oxygens (including phenoxy) is 2. The molecule has 3 rings (SSSR count). The van der Waals surface area contributed by atoms with Crippen LogP contribution in [-0.4, -0.2) is 42.4 Å². The first-order valence-electron chi connectivity index (χ1n) is 11.5. The van der Waals surface area contributed by atoms with Gasteiger partial charge in [-0.3, -0.25) is 4.79 Å². The van der Waals surface area contributed by atoms with Gasteiger partial charge in [0.1, 0.15) is 17.2 Å². The number of alkyl carbamates (subject to hydrolysis) is 1. The fraction of sp³-hybridized carbons (Fsp3) is 0.407. The summed E-state index contributed by atoms with van der Waals surface area (Å²) in [5, 5.41) is 24.3. The van der Waals surface area contributed by atoms with Crippen LogP contribution in [0.1, 0.15) is 44.7 Å². The van der Waals surface area contributed by atoms with Crippen LogP contribution in [-0.2, 0) is 20.7 Å². The lowest BCUT2D eigenvalue weighted by molar-refractivity contribution is -0.132. The molecule has 8 nitrogen and oxygen atoms in total. The minimum atomic E-state index is -1.20. The van der Waals surface area contributed by atoms with Crippen LogP contribution in [0.3, 0.4) is 0 Å². The number of carbonyl (C=O) groups excluding carboxylic acids is 2. The van der Waals surface area contributed by atoms with Gasteiger partial charge in [-0.05, 0) is 49.6 Å². The van der Waals surface area contributed by atoms with Gasteiger partial charge in [0.2, 0.25) is 5.91 Å². The molecule has 2 aromatic rings. The van der Waals surface area contributed by atoms with Gasteiger partial charge in [-0.15, -0.1) is 0 Å². The van der Waals surface area contributed by atoms with Gasteiger partial charge in [0.25, 0.3) is 0 Å². The number of nitriles is 2. The zero-order chi connectivity index (χ0) is 25.5. The van der Waals surface area contributed by atoms with Crippen molar-refractivity contribution in [2.75, 3.05) is 13.2 Å². The summed E-state index contributed by atoms with van der Waals surface area (Å²) in [5.74, 6) is -0.428. The lowest BCUT2D eigenvalue weighted by atomic mass is 9.88. The Bertz CT molecular complexity index is 1130. The Morgan fingerprint density at radius 1 is 1.09 bits per heavy atom. The molecule has 1 atom stereocenters. The van der Waals surface area contributed by atoms with Gasteiger partial charge in [-0.2, -0.15) is 10.5 Å². The molecule has 0 bridgehead atoms. The molecule has 1 aliphatic heterocycles. The number of nitrogens with zero attached hydrogens (tertiary/aromatic N) is 2. The molecule has 8 heteroatoms. The highest BCUT2D eigenvalue weighted by Gasteiger charge is 2.43. The summed E-state index contributed by atoms with van der Waals surface area (Å²) in [6.45, 7) is 5.88. The molecule has 2 N–H and O–H groups in total. The van der Waals surface area contributed by atoms with E-state index in [-0.39, 0.29) is 12.8 Å². The lowest BCUT2D eigenvalue weighted by Crippen LogP contribution is -2.63. The van der Waals surface area contributed by atoms with E-state index in [1.54, 1.807) is 26.8 Å². The summed E-state index contributed by atoms with van der Waals surface area (Å²) >= 11 is 0. The quantitative estimate of drug-likeness (QED) is 0.655. The van der Waals surface area contributed by atoms with Gasteiger partial charge in [-0.1, -0.05) is 36.4 Å². The third-order valence-electron chi connectivity index (χ3n) is 5.70. The molecule has 0 spiro atoms. The molecule has 0 radical (unpaired) electrons. The van der Waals surface area contributed by atoms with Crippen LogP contribution < -0.4 is 10.6 Å². The van der Waals surface area contributed by atoms with E-state index in [1.165, 1.54) is 0 Å². The van der Waals surface area contributed by atoms with Crippen molar-refractivity contribution in [3.63, 3.8) is 0 Å². The van der Waals surface area contributed by atoms with Crippen LogP contribution in [0.25, 0.3) is 11.1 Å². The van der Waals surface area contributed by atoms with Crippen molar-refractivity contribution in [3.8, 4) is 23.3 Å². The summed E-state index contributed by atoms with van der Waals surface area (Å²) in [7, 11) is 0. The molecule has 1 saturated heterocycles. The molecule has 2 aromatic carbocycles. The summed E-state index contributed by atoms with van der Waals surface area (Å²) in [6.07, 6.45) is 0.193. The van der Waals surface area contributed by atoms with Crippen molar-refractivity contribution in [1.82, 2.24) is 10.6 Å². The fourth-order valence-electron chi connectivity index (χ4n) is 3.89. The number of nitrogens with one attached hydrogen (secondary N) is 2. The number of hydrogen-bond donors (Lipinski definition) is 2. The first-order chi connectivity index (χ1) is 16.6. The van der Waals surface area contributed by atoms with Crippen molar-refractivity contribution in [1.29, 1.82) is 10.5 Å². The van der Waals surface area contributed by atoms with Crippen molar-refractivity contribution in [2.45, 2.75) is 57.2 Å². The van der Waals surface area contributed by atoms with Gasteiger partial charge in [0, 0.05) is 32.5 Å². The minimum Gasteiger partial charge on any atom is -0.444 e. The molecular formula is C27H30N4O4. The highest BCUT2D eigenvalue weighted by atomic mass is 16.6. The molecule has 0 saturated carbocycles. The molecule has 1 aliphatic rings. The average molecular weight is 475 g/mol. The Balaban J connectivity index is 1.69. The molecular weight excluding hydrogens is 444 g/mol. The minimum absolute atomic E-state index is 0.284. The maximum Gasteiger partial charge on any atom is 0.408 e. The molecule has 1 heterocycles. The Morgan fingerprint density at radius 2 is 1.77 bits per heavy atom. The van der Waals surface area contributed by atoms with E-state index in [2.05, 4.69) is 22.8 Å². The Hall–Kier alpha value is -3.88. The highest BCUT2D eigenvalue weighted by Crippen LogP contribution is 2.24. The molecule has 0 unspecified atom stereocenters. The first kappa shape index (κ1) is 25.7. The van der Waals surface area contributed by atoms with Crippen molar-refractivity contribution < 1.29 is 19.1 Å². The maximum atomic E-state index is 13.3. The smallest absolute Gasteiger partial charge is 0.408 e. The van der Waals surface area contributed by atoms with Crippen LogP contribution in [0.15, 0.2) is 48.5 Å². The van der Waals surface area contributed by atoms with Crippen LogP contribution in [0.2, 0.25) is 0 Å². The first-order valence-corrected chi connectivity index (χ1v) is 11.5. The van der Waals surface area contributed by atoms with Gasteiger partial charge in [-0.25, -0.2) is 4.79 Å². The zero-order valence-electron chi connectivity index (χ0n) is 20.3. The molecule has 182 valence electrons. The van der Waals surface area contributed by atoms with Crippen molar-refractivity contribution >= 4 is 12.0 Å². The standard InChI is InChI=1S/C27H30N4O4/c1-26(2,3)35-25(33)31-27(11-13-34-14-12-27)24(32)30-23(18-29)16-19-7-9-21(10-8-19)22-6-4-5-20(15-22)17-28/h4-10,15,23H,11-14,16H2,1-3H3,(H,30,32)(H,31,33)/t23-/m0/s1. The molecule has 0 aromatic heterocycles. The van der Waals surface area contributed by atoms with E-state index in [0.29, 0.717) is 25.2 Å². The predicted molar refractivity (Wildman–Crippen MR) is 130 cm³/mol. The van der Waals surface area contributed by atoms with E-state index in [9.17, 15) is 14.9 Å². The number of hydrogen-bond acceptors (Lipinski definition) is 6. The van der Waals surface area contributed by atoms with E-state index in [1.807, 2.05) is 42.5 Å². The average Bonchev–Trinajstić information content (AvgIpc) is 2.83. The monoisotopic (exact) mass is 474 g/mol. The highest BCUT2D eigenvalue weighted by molar-refractivity contribution is 5.90. The van der Waals surface area contributed by atoms with E-state index >= 15 is 0 Å². The molecule has 0 aliphatic carbocycles. The largest absolute Gasteiger partial charge is 0.444 e. The molecule has 2 amide bonds. The summed E-state index contributed by atoms with van der Waals surface area (Å²) < 4.78 is 10.7. The zero-order valence-corrected chi connectivity index (χ0v) is 20.3. The maximum absolute atomic E-state index is 13.3. The van der Waals surface area contributed by atoms with Crippen molar-refractivity contribution in [2.24, 2.45) is 0 Å². The third-order valence-corrected chi connectivity index (χ3v) is 5.70. The second-order valence-corrected chi connectivity index (χ2v) is 9.57. The number of rotatable bonds is 6. The van der Waals surface area contributed by atoms with Crippen molar-refractivity contribution in [3.05, 3.63) is 59.7 Å². The van der Waals surface area contributed by atoms with E-state index in [0.717, 1.165) is 16.7 Å². The Morgan fingerprint density at radius 3 is 2.37 bits per heavy atom. The predicted octanol–water partition coefficient (Wildman–Crippen LogP) is 3.85. The molecule has 35 heavy (non-hydrogen) atoms. The van der Waals surface area contributed by atoms with Crippen LogP contribution in [0.4, 0.5) is 4.79 Å². The Labute approximate surface area is 205 Å². The van der Waals surface area contributed by atoms with Gasteiger partial charge in [0.15, 0.2) is 0 Å². The lowest BCUT2D eigenvalue weighted by Gasteiger charge is -2.37. The summed E-state index contributed by atoms with van der Waals surface area (Å²) in [4.78, 5) is 25.7. The van der Waals surface area contributed by atoms with Crippen LogP contribution in [0.5, 0.6) is 0 Å². The second kappa shape index (κ2) is 11.0. The van der Waals surface area contributed by atoms with Gasteiger partial charge >= 0.3 is 6.09 Å². The Kier molecular flexibility index (Phi) is 8.11. The number of amides is 2. The van der Waals surface area contributed by atoms with Crippen LogP contribution in [0, 0.1) is 22.7 Å². The number of carbonyl (C=O) groups is 2. The van der Waals surface area contributed by atoms with Crippen LogP contribution >= 0.6 is 0 Å².